The van der Waals surface area contributed by atoms with Crippen LogP contribution < -0.4 is 10.1 Å². The molecule has 0 heterocycles. The topological polar surface area (TPSA) is 50.7 Å². The van der Waals surface area contributed by atoms with Crippen molar-refractivity contribution >= 4 is 0 Å². The molecule has 4 nitrogen and oxygen atoms in total. The molecule has 0 atom stereocenters. The zero-order valence-electron chi connectivity index (χ0n) is 10.3. The quantitative estimate of drug-likeness (QED) is 0.627. The Morgan fingerprint density at radius 1 is 1.18 bits per heavy atom. The molecule has 0 unspecified atom stereocenters. The van der Waals surface area contributed by atoms with Crippen LogP contribution in [0.2, 0.25) is 0 Å². The van der Waals surface area contributed by atoms with Crippen LogP contribution in [-0.2, 0) is 11.2 Å². The molecule has 4 heteroatoms. The number of rotatable bonds is 9. The summed E-state index contributed by atoms with van der Waals surface area (Å²) in [6.07, 6.45) is 0.935. The summed E-state index contributed by atoms with van der Waals surface area (Å²) in [5, 5.41) is 11.8. The van der Waals surface area contributed by atoms with Crippen molar-refractivity contribution in [1.82, 2.24) is 5.32 Å². The zero-order chi connectivity index (χ0) is 12.3. The number of nitrogens with one attached hydrogen (secondary N) is 1. The van der Waals surface area contributed by atoms with E-state index in [1.165, 1.54) is 5.56 Å². The van der Waals surface area contributed by atoms with Gasteiger partial charge in [0.1, 0.15) is 5.75 Å². The lowest BCUT2D eigenvalue weighted by Gasteiger charge is -2.09. The Balaban J connectivity index is 2.13. The molecule has 2 N–H and O–H groups in total. The Bertz CT molecular complexity index is 304. The van der Waals surface area contributed by atoms with Gasteiger partial charge >= 0.3 is 0 Å². The van der Waals surface area contributed by atoms with Crippen LogP contribution in [0.3, 0.4) is 0 Å². The van der Waals surface area contributed by atoms with Crippen LogP contribution in [-0.4, -0.2) is 45.1 Å². The van der Waals surface area contributed by atoms with E-state index < -0.39 is 0 Å². The van der Waals surface area contributed by atoms with Crippen LogP contribution in [0, 0.1) is 0 Å². The van der Waals surface area contributed by atoms with Crippen LogP contribution in [0.1, 0.15) is 5.56 Å². The number of hydrogen-bond donors (Lipinski definition) is 2. The van der Waals surface area contributed by atoms with Crippen LogP contribution >= 0.6 is 0 Å². The lowest BCUT2D eigenvalue weighted by atomic mass is 10.1. The number of aliphatic hydroxyl groups excluding tert-OH is 1. The van der Waals surface area contributed by atoms with E-state index in [4.69, 9.17) is 14.6 Å². The molecule has 17 heavy (non-hydrogen) atoms. The molecule has 0 fully saturated rings. The second-order valence-electron chi connectivity index (χ2n) is 3.65. The third kappa shape index (κ3) is 5.68. The van der Waals surface area contributed by atoms with Gasteiger partial charge < -0.3 is 19.9 Å². The number of methoxy groups -OCH3 is 1. The first-order chi connectivity index (χ1) is 8.38. The van der Waals surface area contributed by atoms with Gasteiger partial charge in [-0.15, -0.1) is 0 Å². The van der Waals surface area contributed by atoms with Gasteiger partial charge in [0.2, 0.25) is 0 Å². The summed E-state index contributed by atoms with van der Waals surface area (Å²) in [6.45, 7) is 2.82. The monoisotopic (exact) mass is 239 g/mol. The van der Waals surface area contributed by atoms with Gasteiger partial charge in [0, 0.05) is 6.54 Å². The second kappa shape index (κ2) is 8.98. The van der Waals surface area contributed by atoms with Gasteiger partial charge in [0.15, 0.2) is 0 Å². The van der Waals surface area contributed by atoms with Crippen LogP contribution in [0.4, 0.5) is 0 Å². The number of ether oxygens (including phenoxy) is 2. The Kier molecular flexibility index (Phi) is 7.38. The van der Waals surface area contributed by atoms with Crippen molar-refractivity contribution in [2.24, 2.45) is 0 Å². The molecule has 0 amide bonds. The lowest BCUT2D eigenvalue weighted by Crippen LogP contribution is -2.22. The van der Waals surface area contributed by atoms with Crippen molar-refractivity contribution in [3.63, 3.8) is 0 Å². The van der Waals surface area contributed by atoms with Crippen LogP contribution in [0.25, 0.3) is 0 Å². The highest BCUT2D eigenvalue weighted by Crippen LogP contribution is 2.16. The van der Waals surface area contributed by atoms with Gasteiger partial charge in [-0.25, -0.2) is 0 Å². The number of para-hydroxylation sites is 1. The first kappa shape index (κ1) is 14.0. The van der Waals surface area contributed by atoms with Gasteiger partial charge in [-0.2, -0.15) is 0 Å². The fourth-order valence-corrected chi connectivity index (χ4v) is 1.57. The fourth-order valence-electron chi connectivity index (χ4n) is 1.57. The minimum atomic E-state index is 0.0845. The summed E-state index contributed by atoms with van der Waals surface area (Å²) in [7, 11) is 1.69. The third-order valence-electron chi connectivity index (χ3n) is 2.42. The summed E-state index contributed by atoms with van der Waals surface area (Å²) in [4.78, 5) is 0. The predicted octanol–water partition coefficient (Wildman–Crippen LogP) is 0.836. The number of aliphatic hydroxyl groups is 1. The number of benzene rings is 1. The largest absolute Gasteiger partial charge is 0.496 e. The highest BCUT2D eigenvalue weighted by atomic mass is 16.5. The molecule has 0 radical (unpaired) electrons. The maximum absolute atomic E-state index is 8.52. The summed E-state index contributed by atoms with van der Waals surface area (Å²) in [5.41, 5.74) is 1.21. The van der Waals surface area contributed by atoms with E-state index >= 15 is 0 Å². The standard InChI is InChI=1S/C13H21NO3/c1-16-13-5-3-2-4-12(13)6-7-14-8-10-17-11-9-15/h2-5,14-15H,6-11H2,1H3. The van der Waals surface area contributed by atoms with E-state index in [2.05, 4.69) is 11.4 Å². The molecular formula is C13H21NO3. The molecule has 1 aromatic carbocycles. The zero-order valence-corrected chi connectivity index (χ0v) is 10.3. The molecule has 0 bridgehead atoms. The summed E-state index contributed by atoms with van der Waals surface area (Å²) >= 11 is 0. The molecule has 0 aliphatic rings. The summed E-state index contributed by atoms with van der Waals surface area (Å²) in [5.74, 6) is 0.936. The molecule has 1 aromatic rings. The van der Waals surface area contributed by atoms with E-state index in [0.717, 1.165) is 25.3 Å². The van der Waals surface area contributed by atoms with Crippen molar-refractivity contribution in [1.29, 1.82) is 0 Å². The van der Waals surface area contributed by atoms with Crippen molar-refractivity contribution in [3.05, 3.63) is 29.8 Å². The van der Waals surface area contributed by atoms with E-state index in [0.29, 0.717) is 13.2 Å². The van der Waals surface area contributed by atoms with E-state index in [9.17, 15) is 0 Å². The van der Waals surface area contributed by atoms with Crippen LogP contribution in [0.15, 0.2) is 24.3 Å². The van der Waals surface area contributed by atoms with Gasteiger partial charge in [-0.1, -0.05) is 18.2 Å². The molecule has 0 saturated heterocycles. The predicted molar refractivity (Wildman–Crippen MR) is 67.5 cm³/mol. The highest BCUT2D eigenvalue weighted by Gasteiger charge is 2.00. The molecule has 96 valence electrons. The van der Waals surface area contributed by atoms with Gasteiger partial charge in [0.05, 0.1) is 26.9 Å². The molecule has 0 spiro atoms. The van der Waals surface area contributed by atoms with Crippen molar-refractivity contribution < 1.29 is 14.6 Å². The first-order valence-electron chi connectivity index (χ1n) is 5.89. The van der Waals surface area contributed by atoms with E-state index in [1.807, 2.05) is 18.2 Å². The molecule has 1 rings (SSSR count). The molecular weight excluding hydrogens is 218 g/mol. The Hall–Kier alpha value is -1.10. The first-order valence-corrected chi connectivity index (χ1v) is 5.89. The Morgan fingerprint density at radius 3 is 2.76 bits per heavy atom. The normalized spacial score (nSPS) is 10.5. The maximum Gasteiger partial charge on any atom is 0.122 e. The van der Waals surface area contributed by atoms with Crippen molar-refractivity contribution in [2.45, 2.75) is 6.42 Å². The summed E-state index contributed by atoms with van der Waals surface area (Å²) < 4.78 is 10.4. The fraction of sp³-hybridized carbons (Fsp3) is 0.538. The summed E-state index contributed by atoms with van der Waals surface area (Å²) in [6, 6.07) is 8.03. The lowest BCUT2D eigenvalue weighted by molar-refractivity contribution is 0.0940. The molecule has 0 saturated carbocycles. The highest BCUT2D eigenvalue weighted by molar-refractivity contribution is 5.33. The second-order valence-corrected chi connectivity index (χ2v) is 3.65. The maximum atomic E-state index is 8.52. The number of hydrogen-bond acceptors (Lipinski definition) is 4. The van der Waals surface area contributed by atoms with Gasteiger partial charge in [0.25, 0.3) is 0 Å². The van der Waals surface area contributed by atoms with Crippen LogP contribution in [0.5, 0.6) is 5.75 Å². The molecule has 0 aromatic heterocycles. The average Bonchev–Trinajstić information content (AvgIpc) is 2.38. The minimum Gasteiger partial charge on any atom is -0.496 e. The smallest absolute Gasteiger partial charge is 0.122 e. The average molecular weight is 239 g/mol. The minimum absolute atomic E-state index is 0.0845. The van der Waals surface area contributed by atoms with Crippen molar-refractivity contribution in [2.75, 3.05) is 40.0 Å². The third-order valence-corrected chi connectivity index (χ3v) is 2.42. The Labute approximate surface area is 103 Å². The van der Waals surface area contributed by atoms with E-state index in [1.54, 1.807) is 7.11 Å². The van der Waals surface area contributed by atoms with E-state index in [-0.39, 0.29) is 6.61 Å². The molecule has 0 aliphatic heterocycles. The van der Waals surface area contributed by atoms with Crippen molar-refractivity contribution in [3.8, 4) is 5.75 Å². The Morgan fingerprint density at radius 2 is 2.00 bits per heavy atom. The molecule has 0 aliphatic carbocycles. The SMILES string of the molecule is COc1ccccc1CCNCCOCCO. The van der Waals surface area contributed by atoms with Gasteiger partial charge in [-0.05, 0) is 24.6 Å². The van der Waals surface area contributed by atoms with Gasteiger partial charge in [-0.3, -0.25) is 0 Å².